The van der Waals surface area contributed by atoms with Gasteiger partial charge in [0.05, 0.1) is 12.6 Å². The highest BCUT2D eigenvalue weighted by atomic mass is 16.5. The highest BCUT2D eigenvalue weighted by molar-refractivity contribution is 6.00. The Hall–Kier alpha value is -5.15. The van der Waals surface area contributed by atoms with Crippen molar-refractivity contribution in [3.63, 3.8) is 0 Å². The van der Waals surface area contributed by atoms with Gasteiger partial charge in [-0.1, -0.05) is 77.9 Å². The zero-order chi connectivity index (χ0) is 29.6. The predicted octanol–water partition coefficient (Wildman–Crippen LogP) is 5.54. The molecule has 0 radical (unpaired) electrons. The van der Waals surface area contributed by atoms with Crippen molar-refractivity contribution >= 4 is 17.5 Å². The number of amides is 1. The number of rotatable bonds is 11. The number of azide groups is 1. The monoisotopic (exact) mass is 574 g/mol. The fourth-order valence-electron chi connectivity index (χ4n) is 5.52. The molecule has 0 fully saturated rings. The van der Waals surface area contributed by atoms with Gasteiger partial charge in [0.25, 0.3) is 5.91 Å². The van der Waals surface area contributed by atoms with Crippen LogP contribution in [0.4, 0.5) is 5.69 Å². The summed E-state index contributed by atoms with van der Waals surface area (Å²) in [6.45, 7) is 0.460. The van der Waals surface area contributed by atoms with E-state index in [1.807, 2.05) is 48.5 Å². The topological polar surface area (TPSA) is 141 Å². The van der Waals surface area contributed by atoms with Gasteiger partial charge in [-0.2, -0.15) is 0 Å². The zero-order valence-electron chi connectivity index (χ0n) is 23.3. The number of carbonyl (C=O) groups is 1. The molecule has 0 aromatic heterocycles. The van der Waals surface area contributed by atoms with Crippen LogP contribution < -0.4 is 15.6 Å². The Balaban J connectivity index is 1.29. The number of benzene rings is 4. The Bertz CT molecular complexity index is 1670. The van der Waals surface area contributed by atoms with Crippen LogP contribution >= 0.6 is 0 Å². The van der Waals surface area contributed by atoms with Crippen molar-refractivity contribution in [1.82, 2.24) is 10.9 Å². The third-order valence-corrected chi connectivity index (χ3v) is 7.65. The molecule has 6 rings (SSSR count). The van der Waals surface area contributed by atoms with Gasteiger partial charge in [0.15, 0.2) is 5.54 Å². The summed E-state index contributed by atoms with van der Waals surface area (Å²) in [6, 6.07) is 30.4. The number of hydrogen-bond acceptors (Lipinski definition) is 7. The van der Waals surface area contributed by atoms with Crippen LogP contribution in [0.5, 0.6) is 5.75 Å². The second-order valence-corrected chi connectivity index (χ2v) is 10.4. The van der Waals surface area contributed by atoms with Gasteiger partial charge in [-0.15, -0.1) is 0 Å². The normalized spacial score (nSPS) is 16.8. The molecule has 4 aromatic rings. The van der Waals surface area contributed by atoms with Crippen molar-refractivity contribution in [2.45, 2.75) is 24.4 Å². The Kier molecular flexibility index (Phi) is 8.06. The number of ether oxygens (including phenoxy) is 2. The maximum Gasteiger partial charge on any atom is 0.266 e. The van der Waals surface area contributed by atoms with E-state index in [0.29, 0.717) is 41.5 Å². The molecule has 2 aliphatic rings. The van der Waals surface area contributed by atoms with Crippen molar-refractivity contribution in [2.24, 2.45) is 10.1 Å². The summed E-state index contributed by atoms with van der Waals surface area (Å²) < 4.78 is 11.7. The van der Waals surface area contributed by atoms with Gasteiger partial charge in [0.1, 0.15) is 12.4 Å². The van der Waals surface area contributed by atoms with E-state index < -0.39 is 5.54 Å². The smallest absolute Gasteiger partial charge is 0.266 e. The van der Waals surface area contributed by atoms with Crippen LogP contribution in [-0.2, 0) is 16.0 Å². The minimum atomic E-state index is -1.34. The Labute approximate surface area is 248 Å². The molecule has 1 heterocycles. The van der Waals surface area contributed by atoms with Gasteiger partial charge in [-0.25, -0.2) is 10.4 Å². The third-order valence-electron chi connectivity index (χ3n) is 7.65. The maximum absolute atomic E-state index is 14.1. The van der Waals surface area contributed by atoms with Gasteiger partial charge < -0.3 is 14.6 Å². The molecule has 1 atom stereocenters. The molecule has 0 unspecified atom stereocenters. The fourth-order valence-corrected chi connectivity index (χ4v) is 5.52. The van der Waals surface area contributed by atoms with E-state index in [0.717, 1.165) is 22.3 Å². The minimum Gasteiger partial charge on any atom is -0.494 e. The summed E-state index contributed by atoms with van der Waals surface area (Å²) in [6.07, 6.45) is 0.692. The number of aliphatic hydroxyl groups excluding tert-OH is 1. The lowest BCUT2D eigenvalue weighted by atomic mass is 9.91. The first-order chi connectivity index (χ1) is 21.1. The summed E-state index contributed by atoms with van der Waals surface area (Å²) in [4.78, 5) is 21.9. The number of aliphatic imine (C=N–C) groups is 1. The van der Waals surface area contributed by atoms with Crippen LogP contribution in [0, 0.1) is 0 Å². The van der Waals surface area contributed by atoms with Gasteiger partial charge in [0, 0.05) is 35.6 Å². The summed E-state index contributed by atoms with van der Waals surface area (Å²) >= 11 is 0. The van der Waals surface area contributed by atoms with E-state index in [-0.39, 0.29) is 31.6 Å². The van der Waals surface area contributed by atoms with E-state index in [1.165, 1.54) is 0 Å². The van der Waals surface area contributed by atoms with Crippen molar-refractivity contribution in [3.05, 3.63) is 130 Å². The molecular weight excluding hydrogens is 544 g/mol. The van der Waals surface area contributed by atoms with Crippen LogP contribution in [-0.4, -0.2) is 42.3 Å². The second-order valence-electron chi connectivity index (χ2n) is 10.4. The third kappa shape index (κ3) is 5.67. The highest BCUT2D eigenvalue weighted by Gasteiger charge is 2.45. The Morgan fingerprint density at radius 2 is 1.67 bits per heavy atom. The Morgan fingerprint density at radius 1 is 1.00 bits per heavy atom. The molecule has 0 saturated heterocycles. The number of hydrogen-bond donors (Lipinski definition) is 3. The molecule has 0 saturated carbocycles. The van der Waals surface area contributed by atoms with Crippen LogP contribution in [0.25, 0.3) is 21.6 Å². The molecule has 1 amide bonds. The number of nitrogens with one attached hydrogen (secondary N) is 2. The van der Waals surface area contributed by atoms with Crippen LogP contribution in [0.15, 0.2) is 107 Å². The van der Waals surface area contributed by atoms with Crippen molar-refractivity contribution in [2.75, 3.05) is 19.8 Å². The quantitative estimate of drug-likeness (QED) is 0.0709. The van der Waals surface area contributed by atoms with Crippen LogP contribution in [0.2, 0.25) is 0 Å². The lowest BCUT2D eigenvalue weighted by molar-refractivity contribution is -0.127. The van der Waals surface area contributed by atoms with Gasteiger partial charge in [0.2, 0.25) is 5.90 Å². The summed E-state index contributed by atoms with van der Waals surface area (Å²) in [5, 5.41) is 12.8. The predicted molar refractivity (Wildman–Crippen MR) is 163 cm³/mol. The van der Waals surface area contributed by atoms with E-state index >= 15 is 0 Å². The molecule has 0 spiro atoms. The average molecular weight is 575 g/mol. The molecule has 3 N–H and O–H groups in total. The molecule has 43 heavy (non-hydrogen) atoms. The minimum absolute atomic E-state index is 0.00690. The number of aliphatic hydroxyl groups is 1. The molecular formula is C33H30N6O4. The fraction of sp³-hybridized carbons (Fsp3) is 0.212. The molecule has 1 aliphatic carbocycles. The Morgan fingerprint density at radius 3 is 2.37 bits per heavy atom. The van der Waals surface area contributed by atoms with E-state index in [1.54, 1.807) is 24.3 Å². The lowest BCUT2D eigenvalue weighted by Gasteiger charge is -2.26. The standard InChI is InChI=1S/C33H30N6O4/c34-39-36-29-13-6-1-8-23(29)20-33(21-43-31(35-33)22-14-16-24(17-15-22)42-19-7-18-40)32(41)38-37-30-27-11-4-2-9-25(27)26-10-3-5-12-28(26)30/h1-6,8-17,30,37,40H,7,18-21H2,(H,38,41)/t33-/m0/s1. The summed E-state index contributed by atoms with van der Waals surface area (Å²) in [5.74, 6) is 0.614. The number of fused-ring (bicyclic) bond motifs is 3. The second kappa shape index (κ2) is 12.4. The zero-order valence-corrected chi connectivity index (χ0v) is 23.3. The van der Waals surface area contributed by atoms with Gasteiger partial charge in [-0.05, 0) is 57.6 Å². The van der Waals surface area contributed by atoms with Crippen LogP contribution in [0.3, 0.4) is 0 Å². The largest absolute Gasteiger partial charge is 0.494 e. The first kappa shape index (κ1) is 28.0. The average Bonchev–Trinajstić information content (AvgIpc) is 3.62. The SMILES string of the molecule is [N-]=[N+]=Nc1ccccc1C[C@@]1(C(=O)NNC2c3ccccc3-c3ccccc32)COC(c2ccc(OCCCO)cc2)=N1. The van der Waals surface area contributed by atoms with Gasteiger partial charge >= 0.3 is 0 Å². The summed E-state index contributed by atoms with van der Waals surface area (Å²) in [7, 11) is 0. The van der Waals surface area contributed by atoms with Crippen LogP contribution in [0.1, 0.15) is 34.7 Å². The van der Waals surface area contributed by atoms with Gasteiger partial charge in [-0.3, -0.25) is 10.2 Å². The molecule has 216 valence electrons. The number of carbonyl (C=O) groups excluding carboxylic acids is 1. The molecule has 4 aromatic carbocycles. The van der Waals surface area contributed by atoms with E-state index in [2.05, 4.69) is 45.1 Å². The molecule has 1 aliphatic heterocycles. The number of nitrogens with zero attached hydrogens (tertiary/aromatic N) is 4. The first-order valence-corrected chi connectivity index (χ1v) is 14.1. The van der Waals surface area contributed by atoms with E-state index in [9.17, 15) is 4.79 Å². The molecule has 10 nitrogen and oxygen atoms in total. The molecule has 0 bridgehead atoms. The van der Waals surface area contributed by atoms with Crippen molar-refractivity contribution in [3.8, 4) is 16.9 Å². The highest BCUT2D eigenvalue weighted by Crippen LogP contribution is 2.43. The number of hydrazine groups is 1. The van der Waals surface area contributed by atoms with Crippen molar-refractivity contribution in [1.29, 1.82) is 0 Å². The maximum atomic E-state index is 14.1. The van der Waals surface area contributed by atoms with Crippen molar-refractivity contribution < 1.29 is 19.4 Å². The van der Waals surface area contributed by atoms with E-state index in [4.69, 9.17) is 25.1 Å². The first-order valence-electron chi connectivity index (χ1n) is 14.1. The molecule has 10 heteroatoms. The summed E-state index contributed by atoms with van der Waals surface area (Å²) in [5.41, 5.74) is 20.2. The lowest BCUT2D eigenvalue weighted by Crippen LogP contribution is -2.53.